The first kappa shape index (κ1) is 23.6. The molecular formula is C22H22F5N3O2. The molecule has 0 saturated heterocycles. The highest BCUT2D eigenvalue weighted by molar-refractivity contribution is 6.05. The summed E-state index contributed by atoms with van der Waals surface area (Å²) < 4.78 is 66.4. The number of rotatable bonds is 4. The van der Waals surface area contributed by atoms with Crippen LogP contribution in [0.1, 0.15) is 47.2 Å². The zero-order valence-electron chi connectivity index (χ0n) is 16.9. The fraction of sp³-hybridized carbons (Fsp3) is 0.364. The van der Waals surface area contributed by atoms with Gasteiger partial charge in [-0.1, -0.05) is 18.2 Å². The molecule has 172 valence electrons. The molecule has 0 bridgehead atoms. The molecule has 1 saturated carbocycles. The number of nitrogens with one attached hydrogen (secondary N) is 2. The van der Waals surface area contributed by atoms with Gasteiger partial charge < -0.3 is 10.4 Å². The quantitative estimate of drug-likeness (QED) is 0.368. The molecule has 1 aliphatic rings. The Morgan fingerprint density at radius 1 is 1.03 bits per heavy atom. The Hall–Kier alpha value is -3.01. The van der Waals surface area contributed by atoms with E-state index in [0.717, 1.165) is 24.3 Å². The van der Waals surface area contributed by atoms with Gasteiger partial charge in [0.25, 0.3) is 5.91 Å². The summed E-state index contributed by atoms with van der Waals surface area (Å²) in [4.78, 5) is 16.6. The van der Waals surface area contributed by atoms with Crippen molar-refractivity contribution in [1.29, 1.82) is 0 Å². The van der Waals surface area contributed by atoms with E-state index in [2.05, 4.69) is 15.6 Å². The normalized spacial score (nSPS) is 19.5. The second-order valence-corrected chi connectivity index (χ2v) is 7.55. The minimum absolute atomic E-state index is 0.0829. The third-order valence-electron chi connectivity index (χ3n) is 5.18. The van der Waals surface area contributed by atoms with Gasteiger partial charge in [-0.25, -0.2) is 13.8 Å². The second kappa shape index (κ2) is 10.1. The summed E-state index contributed by atoms with van der Waals surface area (Å²) in [5.41, 5.74) is -1.09. The molecule has 0 unspecified atom stereocenters. The van der Waals surface area contributed by atoms with Crippen molar-refractivity contribution in [2.45, 2.75) is 50.6 Å². The Bertz CT molecular complexity index is 986. The predicted molar refractivity (Wildman–Crippen MR) is 108 cm³/mol. The van der Waals surface area contributed by atoms with Crippen molar-refractivity contribution in [2.24, 2.45) is 4.99 Å². The third kappa shape index (κ3) is 6.25. The van der Waals surface area contributed by atoms with Crippen molar-refractivity contribution < 1.29 is 31.9 Å². The summed E-state index contributed by atoms with van der Waals surface area (Å²) in [5, 5.41) is 15.1. The van der Waals surface area contributed by atoms with Crippen LogP contribution in [0.15, 0.2) is 47.5 Å². The zero-order valence-corrected chi connectivity index (χ0v) is 16.9. The number of aliphatic imine (C=N–C) groups is 1. The number of alkyl halides is 3. The number of amides is 1. The molecule has 0 radical (unpaired) electrons. The Morgan fingerprint density at radius 2 is 1.72 bits per heavy atom. The lowest BCUT2D eigenvalue weighted by molar-refractivity contribution is -0.138. The molecule has 0 heterocycles. The van der Waals surface area contributed by atoms with E-state index in [1.807, 2.05) is 0 Å². The van der Waals surface area contributed by atoms with Gasteiger partial charge in [0.15, 0.2) is 17.6 Å². The van der Waals surface area contributed by atoms with Crippen molar-refractivity contribution in [1.82, 2.24) is 10.6 Å². The molecule has 1 fully saturated rings. The molecule has 0 aliphatic heterocycles. The molecule has 0 spiro atoms. The number of guanidine groups is 1. The van der Waals surface area contributed by atoms with E-state index in [4.69, 9.17) is 0 Å². The monoisotopic (exact) mass is 455 g/mol. The molecular weight excluding hydrogens is 433 g/mol. The molecule has 1 aliphatic carbocycles. The molecule has 32 heavy (non-hydrogen) atoms. The van der Waals surface area contributed by atoms with Crippen LogP contribution in [0.2, 0.25) is 0 Å². The standard InChI is InChI=1S/C22H22F5N3O2/c23-18-10-5-13(11-19(18)24)20(32)30-21(29-15-6-8-16(31)9-7-15)28-12-14-3-1-2-4-17(14)22(25,26)27/h1-5,10-11,15-16,31H,6-9,12H2,(H2,28,29,30,32). The van der Waals surface area contributed by atoms with Crippen LogP contribution >= 0.6 is 0 Å². The van der Waals surface area contributed by atoms with Crippen LogP contribution in [0.5, 0.6) is 0 Å². The molecule has 2 aromatic rings. The maximum absolute atomic E-state index is 13.5. The fourth-order valence-corrected chi connectivity index (χ4v) is 3.45. The van der Waals surface area contributed by atoms with E-state index in [0.29, 0.717) is 25.7 Å². The van der Waals surface area contributed by atoms with E-state index in [-0.39, 0.29) is 29.7 Å². The van der Waals surface area contributed by atoms with Gasteiger partial charge in [0.1, 0.15) is 0 Å². The Kier molecular flexibility index (Phi) is 7.44. The molecule has 3 rings (SSSR count). The van der Waals surface area contributed by atoms with Crippen LogP contribution in [-0.2, 0) is 12.7 Å². The smallest absolute Gasteiger partial charge is 0.393 e. The van der Waals surface area contributed by atoms with Crippen LogP contribution in [0.4, 0.5) is 22.0 Å². The van der Waals surface area contributed by atoms with Crippen LogP contribution < -0.4 is 10.6 Å². The van der Waals surface area contributed by atoms with Gasteiger partial charge in [0.05, 0.1) is 18.2 Å². The van der Waals surface area contributed by atoms with E-state index in [1.165, 1.54) is 18.2 Å². The second-order valence-electron chi connectivity index (χ2n) is 7.55. The average Bonchev–Trinajstić information content (AvgIpc) is 2.75. The first-order valence-corrected chi connectivity index (χ1v) is 10.0. The lowest BCUT2D eigenvalue weighted by Gasteiger charge is -2.27. The zero-order chi connectivity index (χ0) is 23.3. The highest BCUT2D eigenvalue weighted by Gasteiger charge is 2.32. The Balaban J connectivity index is 1.82. The number of halogens is 5. The van der Waals surface area contributed by atoms with Gasteiger partial charge in [-0.3, -0.25) is 10.1 Å². The number of hydrogen-bond donors (Lipinski definition) is 3. The Labute approximate surface area is 181 Å². The molecule has 0 aromatic heterocycles. The topological polar surface area (TPSA) is 73.7 Å². The van der Waals surface area contributed by atoms with Gasteiger partial charge >= 0.3 is 6.18 Å². The number of aliphatic hydroxyl groups is 1. The maximum atomic E-state index is 13.5. The summed E-state index contributed by atoms with van der Waals surface area (Å²) in [6.45, 7) is -0.370. The molecule has 2 aromatic carbocycles. The first-order chi connectivity index (χ1) is 15.1. The van der Waals surface area contributed by atoms with Gasteiger partial charge in [-0.2, -0.15) is 13.2 Å². The van der Waals surface area contributed by atoms with Gasteiger partial charge in [0, 0.05) is 11.6 Å². The third-order valence-corrected chi connectivity index (χ3v) is 5.18. The number of hydrogen-bond acceptors (Lipinski definition) is 3. The number of carbonyl (C=O) groups excluding carboxylic acids is 1. The Morgan fingerprint density at radius 3 is 2.38 bits per heavy atom. The highest BCUT2D eigenvalue weighted by atomic mass is 19.4. The van der Waals surface area contributed by atoms with E-state index in [9.17, 15) is 31.9 Å². The predicted octanol–water partition coefficient (Wildman–Crippen LogP) is 4.16. The summed E-state index contributed by atoms with van der Waals surface area (Å²) in [6, 6.07) is 7.40. The van der Waals surface area contributed by atoms with Crippen molar-refractivity contribution in [3.8, 4) is 0 Å². The summed E-state index contributed by atoms with van der Waals surface area (Å²) in [6.07, 6.45) is -2.80. The summed E-state index contributed by atoms with van der Waals surface area (Å²) >= 11 is 0. The number of aliphatic hydroxyl groups excluding tert-OH is 1. The van der Waals surface area contributed by atoms with E-state index >= 15 is 0 Å². The lowest BCUT2D eigenvalue weighted by Crippen LogP contribution is -2.47. The van der Waals surface area contributed by atoms with Gasteiger partial charge in [0.2, 0.25) is 0 Å². The van der Waals surface area contributed by atoms with Gasteiger partial charge in [-0.05, 0) is 55.5 Å². The molecule has 10 heteroatoms. The largest absolute Gasteiger partial charge is 0.416 e. The number of nitrogens with zero attached hydrogens (tertiary/aromatic N) is 1. The minimum Gasteiger partial charge on any atom is -0.393 e. The first-order valence-electron chi connectivity index (χ1n) is 10.0. The van der Waals surface area contributed by atoms with Crippen LogP contribution in [0.25, 0.3) is 0 Å². The van der Waals surface area contributed by atoms with Crippen LogP contribution in [-0.4, -0.2) is 29.1 Å². The molecule has 3 N–H and O–H groups in total. The number of benzene rings is 2. The van der Waals surface area contributed by atoms with Crippen molar-refractivity contribution in [2.75, 3.05) is 0 Å². The van der Waals surface area contributed by atoms with E-state index in [1.54, 1.807) is 0 Å². The van der Waals surface area contributed by atoms with Crippen molar-refractivity contribution >= 4 is 11.9 Å². The van der Waals surface area contributed by atoms with Crippen molar-refractivity contribution in [3.05, 3.63) is 70.8 Å². The van der Waals surface area contributed by atoms with Crippen LogP contribution in [0.3, 0.4) is 0 Å². The van der Waals surface area contributed by atoms with E-state index < -0.39 is 35.4 Å². The number of carbonyl (C=O) groups is 1. The van der Waals surface area contributed by atoms with Crippen LogP contribution in [0, 0.1) is 11.6 Å². The summed E-state index contributed by atoms with van der Waals surface area (Å²) in [7, 11) is 0. The van der Waals surface area contributed by atoms with Crippen molar-refractivity contribution in [3.63, 3.8) is 0 Å². The summed E-state index contributed by atoms with van der Waals surface area (Å²) in [5.74, 6) is -3.20. The minimum atomic E-state index is -4.56. The highest BCUT2D eigenvalue weighted by Crippen LogP contribution is 2.32. The fourth-order valence-electron chi connectivity index (χ4n) is 3.45. The molecule has 0 atom stereocenters. The lowest BCUT2D eigenvalue weighted by atomic mass is 9.93. The molecule has 1 amide bonds. The van der Waals surface area contributed by atoms with Gasteiger partial charge in [-0.15, -0.1) is 0 Å². The maximum Gasteiger partial charge on any atom is 0.416 e. The average molecular weight is 455 g/mol. The molecule has 5 nitrogen and oxygen atoms in total. The SMILES string of the molecule is O=C(NC(=NCc1ccccc1C(F)(F)F)NC1CCC(O)CC1)c1ccc(F)c(F)c1.